The van der Waals surface area contributed by atoms with E-state index < -0.39 is 12.0 Å². The van der Waals surface area contributed by atoms with Crippen LogP contribution in [0.1, 0.15) is 28.7 Å². The molecule has 2 unspecified atom stereocenters. The molecule has 2 aromatic carbocycles. The number of nitrogens with two attached hydrogens (primary N) is 1. The van der Waals surface area contributed by atoms with Crippen LogP contribution in [-0.2, 0) is 0 Å². The van der Waals surface area contributed by atoms with Crippen molar-refractivity contribution in [3.63, 3.8) is 0 Å². The molecule has 0 saturated heterocycles. The number of aliphatic hydroxyl groups excluding tert-OH is 1. The fraction of sp³-hybridized carbons (Fsp3) is 0.250. The summed E-state index contributed by atoms with van der Waals surface area (Å²) >= 11 is 5.97. The smallest absolute Gasteiger partial charge is 0.126 e. The summed E-state index contributed by atoms with van der Waals surface area (Å²) in [5.41, 5.74) is 7.74. The number of aliphatic hydroxyl groups is 1. The van der Waals surface area contributed by atoms with Crippen molar-refractivity contribution in [3.05, 3.63) is 70.0 Å². The van der Waals surface area contributed by atoms with Crippen LogP contribution in [0.3, 0.4) is 0 Å². The van der Waals surface area contributed by atoms with Crippen LogP contribution < -0.4 is 5.73 Å². The van der Waals surface area contributed by atoms with Crippen molar-refractivity contribution in [2.45, 2.75) is 18.9 Å². The molecule has 0 aliphatic rings. The minimum absolute atomic E-state index is 0.147. The van der Waals surface area contributed by atoms with E-state index in [2.05, 4.69) is 0 Å². The second kappa shape index (κ2) is 6.35. The Balaban J connectivity index is 2.41. The Morgan fingerprint density at radius 1 is 1.20 bits per heavy atom. The van der Waals surface area contributed by atoms with Crippen molar-refractivity contribution in [1.29, 1.82) is 0 Å². The molecule has 0 radical (unpaired) electrons. The number of benzene rings is 2. The molecule has 2 aromatic rings. The topological polar surface area (TPSA) is 46.2 Å². The Morgan fingerprint density at radius 2 is 1.90 bits per heavy atom. The zero-order valence-corrected chi connectivity index (χ0v) is 11.9. The largest absolute Gasteiger partial charge is 0.388 e. The zero-order chi connectivity index (χ0) is 14.7. The van der Waals surface area contributed by atoms with Gasteiger partial charge in [0.2, 0.25) is 0 Å². The first-order chi connectivity index (χ1) is 9.54. The molecule has 2 rings (SSSR count). The first-order valence-corrected chi connectivity index (χ1v) is 6.81. The van der Waals surface area contributed by atoms with E-state index in [4.69, 9.17) is 17.3 Å². The SMILES string of the molecule is Cc1ccc(Cl)cc1C(O)C(CN)c1ccccc1F. The average Bonchev–Trinajstić information content (AvgIpc) is 2.44. The number of aryl methyl sites for hydroxylation is 1. The van der Waals surface area contributed by atoms with Crippen molar-refractivity contribution in [3.8, 4) is 0 Å². The number of hydrogen-bond donors (Lipinski definition) is 2. The molecule has 0 saturated carbocycles. The van der Waals surface area contributed by atoms with E-state index in [0.717, 1.165) is 5.56 Å². The molecule has 0 aliphatic heterocycles. The second-order valence-corrected chi connectivity index (χ2v) is 5.25. The summed E-state index contributed by atoms with van der Waals surface area (Å²) in [6, 6.07) is 11.7. The second-order valence-electron chi connectivity index (χ2n) is 4.81. The first kappa shape index (κ1) is 15.0. The predicted octanol–water partition coefficient (Wildman–Crippen LogP) is 3.56. The molecule has 0 amide bonds. The highest BCUT2D eigenvalue weighted by atomic mass is 35.5. The Morgan fingerprint density at radius 3 is 2.55 bits per heavy atom. The molecule has 4 heteroatoms. The van der Waals surface area contributed by atoms with Crippen molar-refractivity contribution < 1.29 is 9.50 Å². The zero-order valence-electron chi connectivity index (χ0n) is 11.2. The molecule has 0 fully saturated rings. The maximum absolute atomic E-state index is 13.9. The lowest BCUT2D eigenvalue weighted by atomic mass is 9.87. The van der Waals surface area contributed by atoms with Gasteiger partial charge in [-0.3, -0.25) is 0 Å². The summed E-state index contributed by atoms with van der Waals surface area (Å²) in [5.74, 6) is -0.866. The highest BCUT2D eigenvalue weighted by molar-refractivity contribution is 6.30. The van der Waals surface area contributed by atoms with Crippen molar-refractivity contribution in [1.82, 2.24) is 0 Å². The Labute approximate surface area is 123 Å². The van der Waals surface area contributed by atoms with Crippen LogP contribution in [0.25, 0.3) is 0 Å². The van der Waals surface area contributed by atoms with Crippen LogP contribution >= 0.6 is 11.6 Å². The highest BCUT2D eigenvalue weighted by Gasteiger charge is 2.25. The van der Waals surface area contributed by atoms with Gasteiger partial charge in [-0.05, 0) is 41.8 Å². The van der Waals surface area contributed by atoms with Gasteiger partial charge in [-0.15, -0.1) is 0 Å². The third kappa shape index (κ3) is 3.01. The minimum atomic E-state index is -0.893. The van der Waals surface area contributed by atoms with E-state index in [9.17, 15) is 9.50 Å². The number of halogens is 2. The molecular weight excluding hydrogens is 277 g/mol. The van der Waals surface area contributed by atoms with E-state index in [-0.39, 0.29) is 12.4 Å². The van der Waals surface area contributed by atoms with Gasteiger partial charge in [-0.1, -0.05) is 35.9 Å². The lowest BCUT2D eigenvalue weighted by Gasteiger charge is -2.24. The van der Waals surface area contributed by atoms with E-state index in [1.165, 1.54) is 6.07 Å². The highest BCUT2D eigenvalue weighted by Crippen LogP contribution is 2.34. The molecule has 106 valence electrons. The fourth-order valence-corrected chi connectivity index (χ4v) is 2.53. The van der Waals surface area contributed by atoms with Crippen LogP contribution in [0.5, 0.6) is 0 Å². The normalized spacial score (nSPS) is 14.1. The average molecular weight is 294 g/mol. The van der Waals surface area contributed by atoms with Crippen LogP contribution in [0.2, 0.25) is 5.02 Å². The Bertz CT molecular complexity index is 603. The Hall–Kier alpha value is -1.42. The van der Waals surface area contributed by atoms with E-state index >= 15 is 0 Å². The third-order valence-electron chi connectivity index (χ3n) is 3.50. The number of hydrogen-bond acceptors (Lipinski definition) is 2. The molecule has 2 atom stereocenters. The van der Waals surface area contributed by atoms with Crippen LogP contribution in [0, 0.1) is 12.7 Å². The van der Waals surface area contributed by atoms with Crippen LogP contribution in [-0.4, -0.2) is 11.7 Å². The lowest BCUT2D eigenvalue weighted by Crippen LogP contribution is -2.21. The molecule has 0 aromatic heterocycles. The molecule has 0 bridgehead atoms. The molecule has 20 heavy (non-hydrogen) atoms. The quantitative estimate of drug-likeness (QED) is 0.905. The fourth-order valence-electron chi connectivity index (χ4n) is 2.35. The molecule has 0 heterocycles. The summed E-state index contributed by atoms with van der Waals surface area (Å²) in [6.07, 6.45) is -0.893. The van der Waals surface area contributed by atoms with Gasteiger partial charge >= 0.3 is 0 Å². The Kier molecular flexibility index (Phi) is 4.76. The van der Waals surface area contributed by atoms with E-state index in [1.54, 1.807) is 30.3 Å². The third-order valence-corrected chi connectivity index (χ3v) is 3.73. The summed E-state index contributed by atoms with van der Waals surface area (Å²) in [4.78, 5) is 0. The molecule has 2 nitrogen and oxygen atoms in total. The van der Waals surface area contributed by atoms with Crippen LogP contribution in [0.4, 0.5) is 4.39 Å². The summed E-state index contributed by atoms with van der Waals surface area (Å²) in [6.45, 7) is 2.03. The number of rotatable bonds is 4. The monoisotopic (exact) mass is 293 g/mol. The minimum Gasteiger partial charge on any atom is -0.388 e. The standard InChI is InChI=1S/C16H17ClFNO/c1-10-6-7-11(17)8-13(10)16(20)14(9-19)12-4-2-3-5-15(12)18/h2-8,14,16,20H,9,19H2,1H3. The maximum atomic E-state index is 13.9. The van der Waals surface area contributed by atoms with Crippen molar-refractivity contribution >= 4 is 11.6 Å². The molecule has 3 N–H and O–H groups in total. The van der Waals surface area contributed by atoms with Gasteiger partial charge in [-0.2, -0.15) is 0 Å². The lowest BCUT2D eigenvalue weighted by molar-refractivity contribution is 0.145. The predicted molar refractivity (Wildman–Crippen MR) is 79.3 cm³/mol. The maximum Gasteiger partial charge on any atom is 0.126 e. The summed E-state index contributed by atoms with van der Waals surface area (Å²) in [5, 5.41) is 11.1. The molecular formula is C16H17ClFNO. The van der Waals surface area contributed by atoms with Gasteiger partial charge in [0.05, 0.1) is 6.10 Å². The molecule has 0 aliphatic carbocycles. The first-order valence-electron chi connectivity index (χ1n) is 6.43. The van der Waals surface area contributed by atoms with Crippen LogP contribution in [0.15, 0.2) is 42.5 Å². The van der Waals surface area contributed by atoms with Gasteiger partial charge in [0, 0.05) is 17.5 Å². The van der Waals surface area contributed by atoms with E-state index in [1.807, 2.05) is 13.0 Å². The summed E-state index contributed by atoms with van der Waals surface area (Å²) < 4.78 is 13.9. The van der Waals surface area contributed by atoms with Gasteiger partial charge in [0.15, 0.2) is 0 Å². The molecule has 0 spiro atoms. The summed E-state index contributed by atoms with van der Waals surface area (Å²) in [7, 11) is 0. The van der Waals surface area contributed by atoms with Gasteiger partial charge in [0.25, 0.3) is 0 Å². The van der Waals surface area contributed by atoms with E-state index in [0.29, 0.717) is 16.1 Å². The van der Waals surface area contributed by atoms with Gasteiger partial charge in [-0.25, -0.2) is 4.39 Å². The van der Waals surface area contributed by atoms with Crippen molar-refractivity contribution in [2.75, 3.05) is 6.54 Å². The van der Waals surface area contributed by atoms with Gasteiger partial charge < -0.3 is 10.8 Å². The van der Waals surface area contributed by atoms with Crippen molar-refractivity contribution in [2.24, 2.45) is 5.73 Å². The van der Waals surface area contributed by atoms with Gasteiger partial charge in [0.1, 0.15) is 5.82 Å².